The molecule has 2 aliphatic carbocycles. The van der Waals surface area contributed by atoms with Crippen molar-refractivity contribution in [2.45, 2.75) is 58.3 Å². The lowest BCUT2D eigenvalue weighted by Crippen LogP contribution is -2.18. The Morgan fingerprint density at radius 2 is 1.06 bits per heavy atom. The minimum Gasteiger partial charge on any atom is -0.311 e. The number of aromatic nitrogens is 1. The third-order valence-corrected chi connectivity index (χ3v) is 14.4. The lowest BCUT2D eigenvalue weighted by atomic mass is 9.81. The molecule has 0 spiro atoms. The van der Waals surface area contributed by atoms with Crippen LogP contribution in [0.2, 0.25) is 0 Å². The van der Waals surface area contributed by atoms with Gasteiger partial charge in [0.25, 0.3) is 0 Å². The highest BCUT2D eigenvalue weighted by Gasteiger charge is 2.41. The van der Waals surface area contributed by atoms with Crippen LogP contribution in [0, 0.1) is 0 Å². The van der Waals surface area contributed by atoms with Crippen molar-refractivity contribution in [3.05, 3.63) is 246 Å². The molecule has 0 radical (unpaired) electrons. The molecule has 2 nitrogen and oxygen atoms in total. The Kier molecular flexibility index (Phi) is 9.74. The third kappa shape index (κ3) is 6.62. The van der Waals surface area contributed by atoms with E-state index in [1.54, 1.807) is 0 Å². The van der Waals surface area contributed by atoms with E-state index in [2.05, 4.69) is 263 Å². The number of nitrogens with zero attached hydrogens (tertiary/aromatic N) is 2. The molecule has 1 aromatic heterocycles. The van der Waals surface area contributed by atoms with Crippen molar-refractivity contribution in [1.82, 2.24) is 4.57 Å². The van der Waals surface area contributed by atoms with Gasteiger partial charge in [-0.2, -0.15) is 0 Å². The lowest BCUT2D eigenvalue weighted by molar-refractivity contribution is 0.660. The Balaban J connectivity index is 1.01. The van der Waals surface area contributed by atoms with Crippen molar-refractivity contribution in [3.63, 3.8) is 0 Å². The van der Waals surface area contributed by atoms with Gasteiger partial charge in [-0.15, -0.1) is 0 Å². The average molecular weight is 839 g/mol. The Hall–Kier alpha value is -7.42. The molecule has 2 aliphatic rings. The molecule has 1 atom stereocenters. The average Bonchev–Trinajstić information content (AvgIpc) is 3.91. The zero-order valence-electron chi connectivity index (χ0n) is 38.2. The maximum Gasteiger partial charge on any atom is 0.0584 e. The van der Waals surface area contributed by atoms with E-state index >= 15 is 0 Å². The van der Waals surface area contributed by atoms with Gasteiger partial charge in [0.2, 0.25) is 0 Å². The van der Waals surface area contributed by atoms with Gasteiger partial charge in [0, 0.05) is 44.5 Å². The fourth-order valence-electron chi connectivity index (χ4n) is 10.9. The van der Waals surface area contributed by atoms with E-state index in [1.807, 2.05) is 0 Å². The topological polar surface area (TPSA) is 8.17 Å². The molecule has 2 heteroatoms. The number of rotatable bonds is 9. The van der Waals surface area contributed by atoms with E-state index in [4.69, 9.17) is 0 Å². The zero-order chi connectivity index (χ0) is 44.5. The van der Waals surface area contributed by atoms with Crippen LogP contribution in [0.3, 0.4) is 0 Å². The Morgan fingerprint density at radius 3 is 1.77 bits per heavy atom. The maximum atomic E-state index is 2.50. The van der Waals surface area contributed by atoms with E-state index in [9.17, 15) is 0 Å². The second kappa shape index (κ2) is 15.7. The molecule has 0 saturated carbocycles. The SMILES string of the molecule is C/C=C(\C=C/C(C)c1ccccc1)N(c1ccc(-c2ccc3c(c2)c2c(n3-c3ccc(-c4ccccc4)cc3)-c3ccccc3C2(C)C)cc1)c1ccc2c(c1)C(C)(C)c1ccccc1-2. The maximum absolute atomic E-state index is 2.50. The highest BCUT2D eigenvalue weighted by atomic mass is 15.1. The molecule has 11 rings (SSSR count). The number of allylic oxidation sites excluding steroid dienone is 3. The van der Waals surface area contributed by atoms with Crippen LogP contribution in [0.1, 0.15) is 75.3 Å². The summed E-state index contributed by atoms with van der Waals surface area (Å²) in [4.78, 5) is 2.43. The summed E-state index contributed by atoms with van der Waals surface area (Å²) in [7, 11) is 0. The Labute approximate surface area is 384 Å². The molecule has 0 aliphatic heterocycles. The summed E-state index contributed by atoms with van der Waals surface area (Å²) >= 11 is 0. The van der Waals surface area contributed by atoms with Crippen LogP contribution in [0.15, 0.2) is 218 Å². The fraction of sp³-hybridized carbons (Fsp3) is 0.143. The van der Waals surface area contributed by atoms with Crippen molar-refractivity contribution in [1.29, 1.82) is 0 Å². The van der Waals surface area contributed by atoms with Crippen LogP contribution in [0.25, 0.3) is 61.2 Å². The highest BCUT2D eigenvalue weighted by molar-refractivity contribution is 6.01. The van der Waals surface area contributed by atoms with E-state index in [-0.39, 0.29) is 16.7 Å². The molecule has 0 saturated heterocycles. The van der Waals surface area contributed by atoms with Crippen LogP contribution >= 0.6 is 0 Å². The molecule has 0 amide bonds. The van der Waals surface area contributed by atoms with E-state index in [0.717, 1.165) is 17.1 Å². The molecule has 1 heterocycles. The molecule has 0 fully saturated rings. The summed E-state index contributed by atoms with van der Waals surface area (Å²) < 4.78 is 2.50. The molecule has 0 N–H and O–H groups in total. The predicted octanol–water partition coefficient (Wildman–Crippen LogP) is 17.0. The van der Waals surface area contributed by atoms with Crippen LogP contribution < -0.4 is 4.90 Å². The summed E-state index contributed by atoms with van der Waals surface area (Å²) in [5, 5.41) is 1.30. The zero-order valence-corrected chi connectivity index (χ0v) is 38.2. The van der Waals surface area contributed by atoms with Gasteiger partial charge < -0.3 is 9.47 Å². The smallest absolute Gasteiger partial charge is 0.0584 e. The third-order valence-electron chi connectivity index (χ3n) is 14.4. The standard InChI is InChI=1S/C63H54N2/c1-7-48(32-26-42(2)43-18-10-8-11-19-43)64(51-37-38-53-52-22-14-16-24-56(52)62(3,4)58(53)41-51)49-33-29-46(30-34-49)47-31-39-59-55(40-47)60-61(54-23-15-17-25-57(54)63(60,5)6)65(59)50-35-27-45(28-36-50)44-20-12-9-13-21-44/h7-42H,1-6H3/b32-26-,48-7+. The second-order valence-corrected chi connectivity index (χ2v) is 18.9. The van der Waals surface area contributed by atoms with Gasteiger partial charge in [0.15, 0.2) is 0 Å². The van der Waals surface area contributed by atoms with Crippen LogP contribution in [0.5, 0.6) is 0 Å². The first-order valence-electron chi connectivity index (χ1n) is 23.1. The van der Waals surface area contributed by atoms with Crippen LogP contribution in [-0.4, -0.2) is 4.57 Å². The van der Waals surface area contributed by atoms with Gasteiger partial charge in [-0.05, 0) is 129 Å². The monoisotopic (exact) mass is 838 g/mol. The van der Waals surface area contributed by atoms with Gasteiger partial charge in [0.05, 0.1) is 11.2 Å². The van der Waals surface area contributed by atoms with Crippen LogP contribution in [-0.2, 0) is 10.8 Å². The number of hydrogen-bond donors (Lipinski definition) is 0. The first-order chi connectivity index (χ1) is 31.6. The summed E-state index contributed by atoms with van der Waals surface area (Å²) in [6.45, 7) is 13.9. The van der Waals surface area contributed by atoms with Gasteiger partial charge >= 0.3 is 0 Å². The number of benzene rings is 8. The summed E-state index contributed by atoms with van der Waals surface area (Å²) in [6.07, 6.45) is 6.87. The van der Waals surface area contributed by atoms with E-state index < -0.39 is 0 Å². The molecular weight excluding hydrogens is 785 g/mol. The Bertz CT molecular complexity index is 3310. The van der Waals surface area contributed by atoms with Crippen molar-refractivity contribution in [2.75, 3.05) is 4.90 Å². The Morgan fingerprint density at radius 1 is 0.508 bits per heavy atom. The van der Waals surface area contributed by atoms with Gasteiger partial charge in [-0.1, -0.05) is 192 Å². The van der Waals surface area contributed by atoms with Crippen LogP contribution in [0.4, 0.5) is 11.4 Å². The van der Waals surface area contributed by atoms with E-state index in [0.29, 0.717) is 0 Å². The number of hydrogen-bond acceptors (Lipinski definition) is 1. The van der Waals surface area contributed by atoms with Gasteiger partial charge in [-0.3, -0.25) is 0 Å². The molecule has 1 unspecified atom stereocenters. The van der Waals surface area contributed by atoms with Crippen molar-refractivity contribution in [3.8, 4) is 50.3 Å². The number of anilines is 2. The van der Waals surface area contributed by atoms with Gasteiger partial charge in [0.1, 0.15) is 0 Å². The van der Waals surface area contributed by atoms with E-state index in [1.165, 1.54) is 89.0 Å². The summed E-state index contributed by atoms with van der Waals surface area (Å²) in [5.41, 5.74) is 22.5. The van der Waals surface area contributed by atoms with Gasteiger partial charge in [-0.25, -0.2) is 0 Å². The lowest BCUT2D eigenvalue weighted by Gasteiger charge is -2.29. The largest absolute Gasteiger partial charge is 0.311 e. The predicted molar refractivity (Wildman–Crippen MR) is 276 cm³/mol. The molecule has 65 heavy (non-hydrogen) atoms. The summed E-state index contributed by atoms with van der Waals surface area (Å²) in [6, 6.07) is 71.7. The molecule has 9 aromatic rings. The quantitative estimate of drug-likeness (QED) is 0.132. The second-order valence-electron chi connectivity index (χ2n) is 18.9. The molecule has 8 aromatic carbocycles. The fourth-order valence-corrected chi connectivity index (χ4v) is 10.9. The van der Waals surface area contributed by atoms with Crippen molar-refractivity contribution in [2.24, 2.45) is 0 Å². The highest BCUT2D eigenvalue weighted by Crippen LogP contribution is 2.54. The molecule has 0 bridgehead atoms. The van der Waals surface area contributed by atoms with Crippen molar-refractivity contribution >= 4 is 22.3 Å². The minimum atomic E-state index is -0.164. The molecule has 316 valence electrons. The van der Waals surface area contributed by atoms with Crippen molar-refractivity contribution < 1.29 is 0 Å². The molecular formula is C63H54N2. The summed E-state index contributed by atoms with van der Waals surface area (Å²) in [5.74, 6) is 0.265. The number of fused-ring (bicyclic) bond motifs is 8. The minimum absolute atomic E-state index is 0.107. The first kappa shape index (κ1) is 40.4. The normalized spacial score (nSPS) is 14.8. The first-order valence-corrected chi connectivity index (χ1v) is 23.1.